The number of amides is 1. The van der Waals surface area contributed by atoms with Gasteiger partial charge < -0.3 is 19.0 Å². The van der Waals surface area contributed by atoms with Gasteiger partial charge in [0.1, 0.15) is 18.1 Å². The minimum Gasteiger partial charge on any atom is -0.508 e. The third-order valence-electron chi connectivity index (χ3n) is 5.91. The Hall–Kier alpha value is -4.18. The molecule has 1 fully saturated rings. The minimum absolute atomic E-state index is 0.149. The number of hydrogen-bond donors (Lipinski definition) is 1. The lowest BCUT2D eigenvalue weighted by Crippen LogP contribution is -2.28. The van der Waals surface area contributed by atoms with Crippen molar-refractivity contribution in [1.29, 1.82) is 0 Å². The van der Waals surface area contributed by atoms with Gasteiger partial charge in [0.25, 0.3) is 5.91 Å². The van der Waals surface area contributed by atoms with Crippen molar-refractivity contribution in [2.45, 2.75) is 13.2 Å². The molecule has 0 atom stereocenters. The van der Waals surface area contributed by atoms with Crippen molar-refractivity contribution in [3.63, 3.8) is 0 Å². The number of amidine groups is 1. The molecule has 0 radical (unpaired) electrons. The molecule has 11 heteroatoms. The normalized spacial score (nSPS) is 15.4. The Bertz CT molecular complexity index is 1640. The van der Waals surface area contributed by atoms with Crippen LogP contribution in [0, 0.1) is 0 Å². The summed E-state index contributed by atoms with van der Waals surface area (Å²) in [4.78, 5) is 15.2. The van der Waals surface area contributed by atoms with E-state index in [2.05, 4.69) is 10.2 Å². The predicted octanol–water partition coefficient (Wildman–Crippen LogP) is 7.39. The quantitative estimate of drug-likeness (QED) is 0.121. The Morgan fingerprint density at radius 2 is 1.83 bits per heavy atom. The van der Waals surface area contributed by atoms with Crippen molar-refractivity contribution < 1.29 is 23.8 Å². The van der Waals surface area contributed by atoms with Gasteiger partial charge in [-0.2, -0.15) is 5.10 Å². The summed E-state index contributed by atoms with van der Waals surface area (Å²) in [5.41, 5.74) is 2.28. The smallest absolute Gasteiger partial charge is 0.267 e. The molecule has 3 aromatic carbocycles. The molecule has 1 aromatic heterocycles. The fraction of sp³-hybridized carbons (Fsp3) is 0.100. The average molecular weight is 609 g/mol. The average Bonchev–Trinajstić information content (AvgIpc) is 3.58. The number of furan rings is 1. The first-order valence-corrected chi connectivity index (χ1v) is 13.9. The zero-order valence-electron chi connectivity index (χ0n) is 21.7. The maximum absolute atomic E-state index is 13.2. The topological polar surface area (TPSA) is 96.9 Å². The van der Waals surface area contributed by atoms with Gasteiger partial charge in [-0.15, -0.1) is 5.10 Å². The van der Waals surface area contributed by atoms with Crippen LogP contribution in [0.1, 0.15) is 22.5 Å². The van der Waals surface area contributed by atoms with Gasteiger partial charge >= 0.3 is 0 Å². The molecule has 1 amide bonds. The largest absolute Gasteiger partial charge is 0.508 e. The molecule has 1 saturated heterocycles. The number of aromatic hydroxyl groups is 1. The lowest BCUT2D eigenvalue weighted by Gasteiger charge is -2.13. The molecule has 208 valence electrons. The lowest BCUT2D eigenvalue weighted by molar-refractivity contribution is -0.122. The number of methoxy groups -OCH3 is 1. The summed E-state index contributed by atoms with van der Waals surface area (Å²) >= 11 is 13.4. The predicted molar refractivity (Wildman–Crippen MR) is 162 cm³/mol. The van der Waals surface area contributed by atoms with Gasteiger partial charge in [0.15, 0.2) is 16.7 Å². The van der Waals surface area contributed by atoms with Gasteiger partial charge in [0, 0.05) is 15.6 Å². The van der Waals surface area contributed by atoms with Crippen molar-refractivity contribution in [3.05, 3.63) is 116 Å². The van der Waals surface area contributed by atoms with Crippen molar-refractivity contribution in [2.75, 3.05) is 7.11 Å². The number of phenols is 1. The summed E-state index contributed by atoms with van der Waals surface area (Å²) in [5, 5.41) is 19.6. The number of halogens is 2. The number of thioether (sulfide) groups is 1. The van der Waals surface area contributed by atoms with Gasteiger partial charge in [-0.3, -0.25) is 9.69 Å². The molecule has 4 aromatic rings. The van der Waals surface area contributed by atoms with E-state index >= 15 is 0 Å². The molecule has 0 bridgehead atoms. The highest BCUT2D eigenvalue weighted by Gasteiger charge is 2.34. The molecule has 1 N–H and O–H groups in total. The number of carbonyl (C=O) groups is 1. The molecule has 5 rings (SSSR count). The van der Waals surface area contributed by atoms with E-state index in [1.54, 1.807) is 86.3 Å². The summed E-state index contributed by atoms with van der Waals surface area (Å²) in [5.74, 6) is 1.58. The van der Waals surface area contributed by atoms with Crippen LogP contribution in [0.2, 0.25) is 10.0 Å². The van der Waals surface area contributed by atoms with E-state index in [9.17, 15) is 9.90 Å². The van der Waals surface area contributed by atoms with Gasteiger partial charge in [0.05, 0.1) is 31.0 Å². The number of rotatable bonds is 9. The Balaban J connectivity index is 1.33. The maximum Gasteiger partial charge on any atom is 0.267 e. The summed E-state index contributed by atoms with van der Waals surface area (Å²) in [6, 6.07) is 20.7. The lowest BCUT2D eigenvalue weighted by atomic mass is 10.2. The second-order valence-corrected chi connectivity index (χ2v) is 10.6. The number of carbonyl (C=O) groups excluding carboxylic acids is 1. The number of nitrogens with zero attached hydrogens (tertiary/aromatic N) is 3. The van der Waals surface area contributed by atoms with Gasteiger partial charge in [0.2, 0.25) is 0 Å². The molecular formula is C30H23Cl2N3O5S. The second kappa shape index (κ2) is 13.0. The maximum atomic E-state index is 13.2. The van der Waals surface area contributed by atoms with E-state index in [1.165, 1.54) is 16.7 Å². The zero-order valence-corrected chi connectivity index (χ0v) is 24.0. The highest BCUT2D eigenvalue weighted by Crippen LogP contribution is 2.34. The first kappa shape index (κ1) is 28.4. The van der Waals surface area contributed by atoms with E-state index < -0.39 is 0 Å². The molecule has 1 aliphatic heterocycles. The SMILES string of the molecule is COc1cc(/C=N\N=C2\S/C(=C\c3ccc(O)cc3)C(=O)N2Cc2ccco2)ccc1OCc1ccc(Cl)cc1Cl. The first-order valence-electron chi connectivity index (χ1n) is 12.3. The van der Waals surface area contributed by atoms with E-state index in [1.807, 2.05) is 12.1 Å². The number of benzene rings is 3. The molecule has 8 nitrogen and oxygen atoms in total. The van der Waals surface area contributed by atoms with Crippen LogP contribution in [0.5, 0.6) is 17.2 Å². The van der Waals surface area contributed by atoms with Crippen LogP contribution < -0.4 is 9.47 Å². The van der Waals surface area contributed by atoms with Gasteiger partial charge in [-0.25, -0.2) is 0 Å². The highest BCUT2D eigenvalue weighted by molar-refractivity contribution is 8.18. The summed E-state index contributed by atoms with van der Waals surface area (Å²) < 4.78 is 16.9. The van der Waals surface area contributed by atoms with Crippen LogP contribution in [0.4, 0.5) is 0 Å². The molecule has 41 heavy (non-hydrogen) atoms. The van der Waals surface area contributed by atoms with Gasteiger partial charge in [-0.05, 0) is 83.6 Å². The molecule has 0 saturated carbocycles. The summed E-state index contributed by atoms with van der Waals surface area (Å²) in [6.07, 6.45) is 4.86. The van der Waals surface area contributed by atoms with Crippen molar-refractivity contribution in [1.82, 2.24) is 4.90 Å². The fourth-order valence-electron chi connectivity index (χ4n) is 3.83. The summed E-state index contributed by atoms with van der Waals surface area (Å²) in [7, 11) is 1.55. The molecule has 0 unspecified atom stereocenters. The Labute approximate surface area is 250 Å². The Morgan fingerprint density at radius 3 is 2.56 bits per heavy atom. The van der Waals surface area contributed by atoms with E-state index in [-0.39, 0.29) is 24.8 Å². The standard InChI is InChI=1S/C30H23Cl2N3O5S/c1-38-27-13-20(6-11-26(27)40-18-21-7-8-22(31)15-25(21)32)16-33-34-30-35(17-24-3-2-12-39-24)29(37)28(41-30)14-19-4-9-23(36)10-5-19/h2-16,36H,17-18H2,1H3/b28-14-,33-16-,34-30+. The number of phenolic OH excluding ortho intramolecular Hbond substituents is 1. The minimum atomic E-state index is -0.225. The van der Waals surface area contributed by atoms with Crippen LogP contribution >= 0.6 is 35.0 Å². The Kier molecular flexibility index (Phi) is 8.98. The first-order chi connectivity index (χ1) is 19.9. The second-order valence-electron chi connectivity index (χ2n) is 8.73. The number of hydrogen-bond acceptors (Lipinski definition) is 8. The monoisotopic (exact) mass is 607 g/mol. The molecule has 0 aliphatic carbocycles. The van der Waals surface area contributed by atoms with E-state index in [0.29, 0.717) is 37.4 Å². The molecule has 0 spiro atoms. The van der Waals surface area contributed by atoms with E-state index in [4.69, 9.17) is 37.1 Å². The third kappa shape index (κ3) is 7.13. The van der Waals surface area contributed by atoms with Crippen LogP contribution in [0.15, 0.2) is 98.6 Å². The van der Waals surface area contributed by atoms with E-state index in [0.717, 1.165) is 16.7 Å². The Morgan fingerprint density at radius 1 is 1.02 bits per heavy atom. The highest BCUT2D eigenvalue weighted by atomic mass is 35.5. The number of ether oxygens (including phenoxy) is 2. The molecular weight excluding hydrogens is 585 g/mol. The third-order valence-corrected chi connectivity index (χ3v) is 7.49. The summed E-state index contributed by atoms with van der Waals surface area (Å²) in [6.45, 7) is 0.446. The molecule has 1 aliphatic rings. The van der Waals surface area contributed by atoms with Crippen molar-refractivity contribution >= 4 is 58.3 Å². The van der Waals surface area contributed by atoms with Crippen LogP contribution in [0.3, 0.4) is 0 Å². The fourth-order valence-corrected chi connectivity index (χ4v) is 5.22. The van der Waals surface area contributed by atoms with Crippen LogP contribution in [-0.2, 0) is 17.9 Å². The zero-order chi connectivity index (χ0) is 28.8. The van der Waals surface area contributed by atoms with Crippen molar-refractivity contribution in [2.24, 2.45) is 10.2 Å². The van der Waals surface area contributed by atoms with Crippen LogP contribution in [0.25, 0.3) is 6.08 Å². The van der Waals surface area contributed by atoms with Gasteiger partial charge in [-0.1, -0.05) is 41.4 Å². The van der Waals surface area contributed by atoms with Crippen molar-refractivity contribution in [3.8, 4) is 17.2 Å². The molecule has 2 heterocycles. The van der Waals surface area contributed by atoms with Crippen LogP contribution in [-0.4, -0.2) is 34.4 Å².